The van der Waals surface area contributed by atoms with Crippen molar-refractivity contribution < 1.29 is 4.42 Å². The maximum absolute atomic E-state index is 6.78. The largest absolute Gasteiger partial charge is 0.455 e. The van der Waals surface area contributed by atoms with E-state index in [1.807, 2.05) is 12.2 Å². The van der Waals surface area contributed by atoms with Gasteiger partial charge in [0.15, 0.2) is 0 Å². The molecule has 0 N–H and O–H groups in total. The Morgan fingerprint density at radius 2 is 1.25 bits per heavy atom. The summed E-state index contributed by atoms with van der Waals surface area (Å²) in [6, 6.07) is 56.3. The molecule has 0 fully saturated rings. The van der Waals surface area contributed by atoms with Gasteiger partial charge in [-0.25, -0.2) is 0 Å². The van der Waals surface area contributed by atoms with Crippen LogP contribution in [0.5, 0.6) is 0 Å². The molecular formula is C58H43NO. The fourth-order valence-electron chi connectivity index (χ4n) is 8.65. The number of fused-ring (bicyclic) bond motifs is 7. The van der Waals surface area contributed by atoms with Crippen LogP contribution in [0.4, 0.5) is 11.4 Å². The van der Waals surface area contributed by atoms with Gasteiger partial charge in [-0.2, -0.15) is 0 Å². The van der Waals surface area contributed by atoms with Crippen molar-refractivity contribution in [1.82, 2.24) is 0 Å². The van der Waals surface area contributed by atoms with E-state index >= 15 is 0 Å². The predicted octanol–water partition coefficient (Wildman–Crippen LogP) is 16.5. The van der Waals surface area contributed by atoms with Crippen LogP contribution in [0.2, 0.25) is 0 Å². The maximum Gasteiger partial charge on any atom is 0.143 e. The van der Waals surface area contributed by atoms with Gasteiger partial charge in [-0.05, 0) is 122 Å². The Morgan fingerprint density at radius 3 is 2.03 bits per heavy atom. The summed E-state index contributed by atoms with van der Waals surface area (Å²) in [7, 11) is 0. The number of furan rings is 1. The fraction of sp³-hybridized carbons (Fsp3) is 0.0345. The Balaban J connectivity index is 1.12. The van der Waals surface area contributed by atoms with Crippen LogP contribution in [0, 0.1) is 0 Å². The quantitative estimate of drug-likeness (QED) is 0.102. The van der Waals surface area contributed by atoms with E-state index in [-0.39, 0.29) is 0 Å². The highest BCUT2D eigenvalue weighted by atomic mass is 16.3. The van der Waals surface area contributed by atoms with Crippen LogP contribution in [0.25, 0.3) is 76.5 Å². The molecule has 1 heterocycles. The summed E-state index contributed by atoms with van der Waals surface area (Å²) >= 11 is 0. The van der Waals surface area contributed by atoms with Crippen LogP contribution in [-0.2, 0) is 0 Å². The molecule has 2 heteroatoms. The zero-order valence-corrected chi connectivity index (χ0v) is 33.4. The van der Waals surface area contributed by atoms with Crippen LogP contribution >= 0.6 is 0 Å². The number of hydrogen-bond acceptors (Lipinski definition) is 2. The van der Waals surface area contributed by atoms with E-state index in [1.165, 1.54) is 38.1 Å². The number of para-hydroxylation sites is 2. The van der Waals surface area contributed by atoms with E-state index in [1.54, 1.807) is 0 Å². The molecule has 0 spiro atoms. The second-order valence-electron chi connectivity index (χ2n) is 15.4. The number of benzene rings is 8. The minimum Gasteiger partial charge on any atom is -0.455 e. The van der Waals surface area contributed by atoms with Gasteiger partial charge in [-0.15, -0.1) is 0 Å². The summed E-state index contributed by atoms with van der Waals surface area (Å²) in [5.74, 6) is 0. The van der Waals surface area contributed by atoms with E-state index in [4.69, 9.17) is 4.42 Å². The maximum atomic E-state index is 6.78. The SMILES string of the molecule is C=C/C(=C\C(=C)C(=C)/C=C\C1=CCCC=C1)N(c1ccc(-c2cc3ccccc3c3ccccc23)cc1)c1ccccc1-c1cccc2c1oc1cc3ccccc3cc12. The second kappa shape index (κ2) is 15.6. The molecule has 60 heavy (non-hydrogen) atoms. The van der Waals surface area contributed by atoms with E-state index in [2.05, 4.69) is 213 Å². The fourth-order valence-corrected chi connectivity index (χ4v) is 8.65. The van der Waals surface area contributed by atoms with Crippen molar-refractivity contribution in [1.29, 1.82) is 0 Å². The molecule has 286 valence electrons. The van der Waals surface area contributed by atoms with E-state index in [0.29, 0.717) is 0 Å². The summed E-state index contributed by atoms with van der Waals surface area (Å²) in [6.45, 7) is 13.3. The Bertz CT molecular complexity index is 3310. The molecule has 10 rings (SSSR count). The lowest BCUT2D eigenvalue weighted by Gasteiger charge is -2.29. The molecule has 9 aromatic rings. The monoisotopic (exact) mass is 769 g/mol. The zero-order valence-electron chi connectivity index (χ0n) is 33.4. The Hall–Kier alpha value is -7.68. The Labute approximate surface area is 351 Å². The first-order valence-electron chi connectivity index (χ1n) is 20.6. The van der Waals surface area contributed by atoms with Crippen molar-refractivity contribution in [3.05, 3.63) is 242 Å². The first kappa shape index (κ1) is 36.6. The molecule has 0 aliphatic heterocycles. The molecule has 2 nitrogen and oxygen atoms in total. The molecule has 0 saturated carbocycles. The molecule has 0 unspecified atom stereocenters. The third-order valence-corrected chi connectivity index (χ3v) is 11.7. The van der Waals surface area contributed by atoms with Crippen LogP contribution in [0.1, 0.15) is 12.8 Å². The summed E-state index contributed by atoms with van der Waals surface area (Å²) < 4.78 is 6.78. The molecule has 8 aromatic carbocycles. The molecule has 0 saturated heterocycles. The smallest absolute Gasteiger partial charge is 0.143 e. The molecular weight excluding hydrogens is 727 g/mol. The second-order valence-corrected chi connectivity index (χ2v) is 15.4. The highest BCUT2D eigenvalue weighted by molar-refractivity contribution is 6.15. The van der Waals surface area contributed by atoms with Gasteiger partial charge in [0.2, 0.25) is 0 Å². The molecule has 1 aliphatic carbocycles. The first-order chi connectivity index (χ1) is 29.5. The third-order valence-electron chi connectivity index (χ3n) is 11.7. The number of nitrogens with zero attached hydrogens (tertiary/aromatic N) is 1. The van der Waals surface area contributed by atoms with Gasteiger partial charge in [-0.1, -0.05) is 171 Å². The predicted molar refractivity (Wildman–Crippen MR) is 258 cm³/mol. The minimum atomic E-state index is 0.801. The number of rotatable bonds is 10. The Kier molecular flexibility index (Phi) is 9.52. The van der Waals surface area contributed by atoms with Crippen LogP contribution in [0.15, 0.2) is 247 Å². The molecule has 0 radical (unpaired) electrons. The standard InChI is InChI=1S/C58H43NO/c1-4-46(35-40(3)39(2)29-30-41-17-6-5-7-18-41)59(47-33-31-42(32-34-47)54-37-45-21-10-11-22-48(45)49-23-12-13-24-50(49)54)56-28-15-14-25-51(56)52-26-16-27-53-55-36-43-19-8-9-20-44(43)38-57(55)60-58(52)53/h4,6,8-38H,1-3,5,7H2/b30-29-,46-35+. The average Bonchev–Trinajstić information content (AvgIpc) is 3.67. The van der Waals surface area contributed by atoms with Gasteiger partial charge in [0, 0.05) is 33.3 Å². The van der Waals surface area contributed by atoms with E-state index < -0.39 is 0 Å². The highest BCUT2D eigenvalue weighted by Crippen LogP contribution is 2.44. The molecule has 1 aliphatic rings. The Morgan fingerprint density at radius 1 is 0.567 bits per heavy atom. The lowest BCUT2D eigenvalue weighted by molar-refractivity contribution is 0.670. The average molecular weight is 770 g/mol. The van der Waals surface area contributed by atoms with Crippen molar-refractivity contribution in [2.45, 2.75) is 12.8 Å². The van der Waals surface area contributed by atoms with Crippen molar-refractivity contribution in [3.8, 4) is 22.3 Å². The normalized spacial score (nSPS) is 13.1. The van der Waals surface area contributed by atoms with Gasteiger partial charge < -0.3 is 9.32 Å². The van der Waals surface area contributed by atoms with Crippen LogP contribution in [0.3, 0.4) is 0 Å². The lowest BCUT2D eigenvalue weighted by atomic mass is 9.93. The van der Waals surface area contributed by atoms with Crippen LogP contribution < -0.4 is 4.90 Å². The topological polar surface area (TPSA) is 16.4 Å². The molecule has 0 atom stereocenters. The zero-order chi connectivity index (χ0) is 40.6. The van der Waals surface area contributed by atoms with E-state index in [0.717, 1.165) is 85.1 Å². The summed E-state index contributed by atoms with van der Waals surface area (Å²) in [6.07, 6.45) is 16.9. The highest BCUT2D eigenvalue weighted by Gasteiger charge is 2.21. The van der Waals surface area contributed by atoms with Crippen molar-refractivity contribution in [2.75, 3.05) is 4.90 Å². The number of anilines is 2. The number of hydrogen-bond donors (Lipinski definition) is 0. The van der Waals surface area contributed by atoms with Crippen molar-refractivity contribution in [3.63, 3.8) is 0 Å². The summed E-state index contributed by atoms with van der Waals surface area (Å²) in [4.78, 5) is 2.27. The van der Waals surface area contributed by atoms with Gasteiger partial charge >= 0.3 is 0 Å². The molecule has 0 amide bonds. The van der Waals surface area contributed by atoms with Crippen molar-refractivity contribution >= 4 is 65.6 Å². The lowest BCUT2D eigenvalue weighted by Crippen LogP contribution is -2.16. The van der Waals surface area contributed by atoms with Gasteiger partial charge in [0.1, 0.15) is 11.2 Å². The van der Waals surface area contributed by atoms with Crippen molar-refractivity contribution in [2.24, 2.45) is 0 Å². The summed E-state index contributed by atoms with van der Waals surface area (Å²) in [5.41, 5.74) is 11.8. The molecule has 0 bridgehead atoms. The molecule has 1 aromatic heterocycles. The van der Waals surface area contributed by atoms with Crippen LogP contribution in [-0.4, -0.2) is 0 Å². The minimum absolute atomic E-state index is 0.801. The van der Waals surface area contributed by atoms with Gasteiger partial charge in [0.25, 0.3) is 0 Å². The van der Waals surface area contributed by atoms with Gasteiger partial charge in [0.05, 0.1) is 5.69 Å². The summed E-state index contributed by atoms with van der Waals surface area (Å²) in [5, 5.41) is 9.49. The van der Waals surface area contributed by atoms with Gasteiger partial charge in [-0.3, -0.25) is 0 Å². The van der Waals surface area contributed by atoms with E-state index in [9.17, 15) is 0 Å². The number of allylic oxidation sites excluding steroid dienone is 10. The first-order valence-corrected chi connectivity index (χ1v) is 20.6. The third kappa shape index (κ3) is 6.68.